The van der Waals surface area contributed by atoms with Crippen molar-refractivity contribution in [3.8, 4) is 11.5 Å². The highest BCUT2D eigenvalue weighted by molar-refractivity contribution is 5.91. The monoisotopic (exact) mass is 285 g/mol. The fourth-order valence-electron chi connectivity index (χ4n) is 1.97. The van der Waals surface area contributed by atoms with E-state index >= 15 is 0 Å². The summed E-state index contributed by atoms with van der Waals surface area (Å²) in [6, 6.07) is 15.1. The molecule has 0 aliphatic rings. The van der Waals surface area contributed by atoms with Gasteiger partial charge in [0.2, 0.25) is 5.91 Å². The Morgan fingerprint density at radius 3 is 2.38 bits per heavy atom. The van der Waals surface area contributed by atoms with E-state index in [9.17, 15) is 4.79 Å². The molecule has 0 fully saturated rings. The normalized spacial score (nSPS) is 10.0. The standard InChI is InChI=1S/C17H19NO3/c1-20-15-9-6-13(7-10-15)8-11-17(19)18-14-4-3-5-16(12-14)21-2/h3-7,9-10,12H,8,11H2,1-2H3,(H,18,19). The van der Waals surface area contributed by atoms with Gasteiger partial charge in [-0.1, -0.05) is 18.2 Å². The number of nitrogens with one attached hydrogen (secondary N) is 1. The molecule has 2 aromatic carbocycles. The Morgan fingerprint density at radius 1 is 1.00 bits per heavy atom. The lowest BCUT2D eigenvalue weighted by Crippen LogP contribution is -2.12. The lowest BCUT2D eigenvalue weighted by molar-refractivity contribution is -0.116. The Kier molecular flexibility index (Phi) is 5.21. The Hall–Kier alpha value is -2.49. The van der Waals surface area contributed by atoms with E-state index in [1.165, 1.54) is 0 Å². The molecule has 2 rings (SSSR count). The Balaban J connectivity index is 1.86. The summed E-state index contributed by atoms with van der Waals surface area (Å²) < 4.78 is 10.2. The second-order valence-electron chi connectivity index (χ2n) is 4.63. The molecule has 0 bridgehead atoms. The number of hydrogen-bond acceptors (Lipinski definition) is 3. The summed E-state index contributed by atoms with van der Waals surface area (Å²) in [5.41, 5.74) is 1.85. The van der Waals surface area contributed by atoms with Gasteiger partial charge in [0.1, 0.15) is 11.5 Å². The fraction of sp³-hybridized carbons (Fsp3) is 0.235. The van der Waals surface area contributed by atoms with Crippen LogP contribution in [0, 0.1) is 0 Å². The van der Waals surface area contributed by atoms with Gasteiger partial charge in [0.25, 0.3) is 0 Å². The first-order chi connectivity index (χ1) is 10.2. The fourth-order valence-corrected chi connectivity index (χ4v) is 1.97. The third-order valence-electron chi connectivity index (χ3n) is 3.15. The zero-order valence-corrected chi connectivity index (χ0v) is 12.3. The predicted molar refractivity (Wildman–Crippen MR) is 82.9 cm³/mol. The van der Waals surface area contributed by atoms with Gasteiger partial charge in [0.15, 0.2) is 0 Å². The van der Waals surface area contributed by atoms with E-state index in [-0.39, 0.29) is 5.91 Å². The second kappa shape index (κ2) is 7.33. The Bertz CT molecular complexity index is 593. The van der Waals surface area contributed by atoms with Crippen molar-refractivity contribution >= 4 is 11.6 Å². The summed E-state index contributed by atoms with van der Waals surface area (Å²) in [7, 11) is 3.24. The van der Waals surface area contributed by atoms with Gasteiger partial charge in [0, 0.05) is 18.2 Å². The molecular formula is C17H19NO3. The van der Waals surface area contributed by atoms with E-state index in [2.05, 4.69) is 5.32 Å². The van der Waals surface area contributed by atoms with E-state index < -0.39 is 0 Å². The molecule has 4 heteroatoms. The zero-order chi connectivity index (χ0) is 15.1. The summed E-state index contributed by atoms with van der Waals surface area (Å²) in [5, 5.41) is 2.87. The van der Waals surface area contributed by atoms with Crippen LogP contribution in [0.5, 0.6) is 11.5 Å². The number of ether oxygens (including phenoxy) is 2. The largest absolute Gasteiger partial charge is 0.497 e. The molecule has 110 valence electrons. The number of carbonyl (C=O) groups excluding carboxylic acids is 1. The molecular weight excluding hydrogens is 266 g/mol. The first-order valence-corrected chi connectivity index (χ1v) is 6.78. The van der Waals surface area contributed by atoms with Crippen molar-refractivity contribution in [1.29, 1.82) is 0 Å². The van der Waals surface area contributed by atoms with Crippen molar-refractivity contribution < 1.29 is 14.3 Å². The molecule has 0 heterocycles. The molecule has 0 aliphatic carbocycles. The van der Waals surface area contributed by atoms with E-state index in [4.69, 9.17) is 9.47 Å². The zero-order valence-electron chi connectivity index (χ0n) is 12.3. The number of anilines is 1. The van der Waals surface area contributed by atoms with Crippen LogP contribution in [-0.2, 0) is 11.2 Å². The van der Waals surface area contributed by atoms with Gasteiger partial charge >= 0.3 is 0 Å². The molecule has 0 spiro atoms. The van der Waals surface area contributed by atoms with Crippen LogP contribution < -0.4 is 14.8 Å². The van der Waals surface area contributed by atoms with E-state index in [1.807, 2.05) is 42.5 Å². The molecule has 0 aromatic heterocycles. The summed E-state index contributed by atoms with van der Waals surface area (Å²) in [6.45, 7) is 0. The van der Waals surface area contributed by atoms with Gasteiger partial charge in [-0.05, 0) is 36.2 Å². The van der Waals surface area contributed by atoms with E-state index in [0.29, 0.717) is 12.8 Å². The first kappa shape index (κ1) is 14.9. The van der Waals surface area contributed by atoms with Crippen molar-refractivity contribution in [2.45, 2.75) is 12.8 Å². The van der Waals surface area contributed by atoms with Gasteiger partial charge in [-0.15, -0.1) is 0 Å². The maximum absolute atomic E-state index is 11.9. The minimum Gasteiger partial charge on any atom is -0.497 e. The quantitative estimate of drug-likeness (QED) is 0.886. The van der Waals surface area contributed by atoms with Crippen LogP contribution in [0.2, 0.25) is 0 Å². The van der Waals surface area contributed by atoms with Crippen molar-refractivity contribution in [3.05, 3.63) is 54.1 Å². The average molecular weight is 285 g/mol. The van der Waals surface area contributed by atoms with Crippen LogP contribution in [0.3, 0.4) is 0 Å². The van der Waals surface area contributed by atoms with Crippen molar-refractivity contribution in [3.63, 3.8) is 0 Å². The molecule has 4 nitrogen and oxygen atoms in total. The summed E-state index contributed by atoms with van der Waals surface area (Å²) in [6.07, 6.45) is 1.13. The molecule has 0 saturated carbocycles. The first-order valence-electron chi connectivity index (χ1n) is 6.78. The molecule has 2 aromatic rings. The van der Waals surface area contributed by atoms with Crippen LogP contribution in [-0.4, -0.2) is 20.1 Å². The molecule has 1 N–H and O–H groups in total. The smallest absolute Gasteiger partial charge is 0.224 e. The highest BCUT2D eigenvalue weighted by atomic mass is 16.5. The average Bonchev–Trinajstić information content (AvgIpc) is 2.53. The van der Waals surface area contributed by atoms with Gasteiger partial charge in [0.05, 0.1) is 14.2 Å². The number of hydrogen-bond donors (Lipinski definition) is 1. The number of benzene rings is 2. The lowest BCUT2D eigenvalue weighted by atomic mass is 10.1. The van der Waals surface area contributed by atoms with Crippen LogP contribution in [0.15, 0.2) is 48.5 Å². The van der Waals surface area contributed by atoms with Crippen LogP contribution in [0.25, 0.3) is 0 Å². The van der Waals surface area contributed by atoms with Crippen molar-refractivity contribution in [2.75, 3.05) is 19.5 Å². The SMILES string of the molecule is COc1ccc(CCC(=O)Nc2cccc(OC)c2)cc1. The molecule has 0 atom stereocenters. The molecule has 0 unspecified atom stereocenters. The third-order valence-corrected chi connectivity index (χ3v) is 3.15. The summed E-state index contributed by atoms with van der Waals surface area (Å²) >= 11 is 0. The minimum absolute atomic E-state index is 0.0147. The van der Waals surface area contributed by atoms with Crippen molar-refractivity contribution in [1.82, 2.24) is 0 Å². The maximum atomic E-state index is 11.9. The molecule has 0 saturated heterocycles. The number of rotatable bonds is 6. The van der Waals surface area contributed by atoms with Crippen LogP contribution in [0.1, 0.15) is 12.0 Å². The number of amides is 1. The second-order valence-corrected chi connectivity index (χ2v) is 4.63. The van der Waals surface area contributed by atoms with Gasteiger partial charge in [-0.2, -0.15) is 0 Å². The van der Waals surface area contributed by atoms with Gasteiger partial charge < -0.3 is 14.8 Å². The highest BCUT2D eigenvalue weighted by Crippen LogP contribution is 2.17. The number of aryl methyl sites for hydroxylation is 1. The molecule has 1 amide bonds. The van der Waals surface area contributed by atoms with Crippen molar-refractivity contribution in [2.24, 2.45) is 0 Å². The highest BCUT2D eigenvalue weighted by Gasteiger charge is 2.04. The third kappa shape index (κ3) is 4.53. The van der Waals surface area contributed by atoms with Gasteiger partial charge in [-0.3, -0.25) is 4.79 Å². The number of carbonyl (C=O) groups is 1. The Labute approximate surface area is 124 Å². The van der Waals surface area contributed by atoms with Gasteiger partial charge in [-0.25, -0.2) is 0 Å². The molecule has 21 heavy (non-hydrogen) atoms. The summed E-state index contributed by atoms with van der Waals surface area (Å²) in [5.74, 6) is 1.53. The van der Waals surface area contributed by atoms with E-state index in [0.717, 1.165) is 22.7 Å². The maximum Gasteiger partial charge on any atom is 0.224 e. The Morgan fingerprint density at radius 2 is 1.71 bits per heavy atom. The van der Waals surface area contributed by atoms with E-state index in [1.54, 1.807) is 20.3 Å². The minimum atomic E-state index is -0.0147. The number of methoxy groups -OCH3 is 2. The molecule has 0 radical (unpaired) electrons. The van der Waals surface area contributed by atoms with Crippen LogP contribution in [0.4, 0.5) is 5.69 Å². The van der Waals surface area contributed by atoms with Crippen LogP contribution >= 0.6 is 0 Å². The molecule has 0 aliphatic heterocycles. The topological polar surface area (TPSA) is 47.6 Å². The predicted octanol–water partition coefficient (Wildman–Crippen LogP) is 3.28. The summed E-state index contributed by atoms with van der Waals surface area (Å²) in [4.78, 5) is 11.9. The lowest BCUT2D eigenvalue weighted by Gasteiger charge is -2.07.